The summed E-state index contributed by atoms with van der Waals surface area (Å²) in [7, 11) is 0. The third-order valence-corrected chi connectivity index (χ3v) is 8.63. The van der Waals surface area contributed by atoms with E-state index in [1.807, 2.05) is 44.2 Å². The number of benzene rings is 2. The number of halogens is 2. The van der Waals surface area contributed by atoms with Crippen LogP contribution in [-0.2, 0) is 15.9 Å². The third-order valence-electron chi connectivity index (χ3n) is 8.63. The first-order valence-corrected chi connectivity index (χ1v) is 14.0. The lowest BCUT2D eigenvalue weighted by Crippen LogP contribution is -2.48. The molecule has 1 saturated heterocycles. The van der Waals surface area contributed by atoms with Gasteiger partial charge in [0.15, 0.2) is 11.6 Å². The van der Waals surface area contributed by atoms with Gasteiger partial charge in [-0.15, -0.1) is 0 Å². The molecule has 0 radical (unpaired) electrons. The van der Waals surface area contributed by atoms with Crippen LogP contribution in [-0.4, -0.2) is 34.0 Å². The van der Waals surface area contributed by atoms with Crippen molar-refractivity contribution in [1.29, 1.82) is 0 Å². The van der Waals surface area contributed by atoms with Crippen molar-refractivity contribution < 1.29 is 18.3 Å². The minimum atomic E-state index is -0.614. The lowest BCUT2D eigenvalue weighted by atomic mass is 9.63. The molecule has 7 rings (SSSR count). The Morgan fingerprint density at radius 2 is 1.72 bits per heavy atom. The van der Waals surface area contributed by atoms with Crippen molar-refractivity contribution in [2.75, 3.05) is 13.2 Å². The molecule has 0 N–H and O–H groups in total. The molecule has 1 saturated carbocycles. The Bertz CT molecular complexity index is 1510. The van der Waals surface area contributed by atoms with Crippen LogP contribution in [0, 0.1) is 23.5 Å². The molecule has 4 aromatic rings. The summed E-state index contributed by atoms with van der Waals surface area (Å²) in [6.45, 7) is 7.49. The molecule has 2 aromatic carbocycles. The van der Waals surface area contributed by atoms with E-state index < -0.39 is 17.4 Å². The average molecular weight is 530 g/mol. The number of ether oxygens (including phenoxy) is 2. The van der Waals surface area contributed by atoms with Crippen molar-refractivity contribution in [3.63, 3.8) is 0 Å². The van der Waals surface area contributed by atoms with Gasteiger partial charge in [0, 0.05) is 52.6 Å². The van der Waals surface area contributed by atoms with Gasteiger partial charge in [0.1, 0.15) is 11.6 Å². The number of pyridine rings is 1. The van der Waals surface area contributed by atoms with Gasteiger partial charge in [-0.3, -0.25) is 4.98 Å². The van der Waals surface area contributed by atoms with Gasteiger partial charge in [0.25, 0.3) is 0 Å². The molecule has 2 aliphatic carbocycles. The number of hydrogen-bond acceptors (Lipinski definition) is 5. The molecule has 2 aromatic heterocycles. The summed E-state index contributed by atoms with van der Waals surface area (Å²) < 4.78 is 41.3. The van der Waals surface area contributed by atoms with Gasteiger partial charge in [-0.05, 0) is 49.4 Å². The molecular weight excluding hydrogens is 496 g/mol. The number of aromatic nitrogens is 3. The maximum atomic E-state index is 15.1. The molecule has 2 fully saturated rings. The highest BCUT2D eigenvalue weighted by Crippen LogP contribution is 2.54. The van der Waals surface area contributed by atoms with Gasteiger partial charge >= 0.3 is 0 Å². The summed E-state index contributed by atoms with van der Waals surface area (Å²) in [5.74, 6) is -0.450. The van der Waals surface area contributed by atoms with Gasteiger partial charge in [-0.2, -0.15) is 0 Å². The monoisotopic (exact) mass is 529 g/mol. The number of para-hydroxylation sites is 1. The predicted molar refractivity (Wildman–Crippen MR) is 147 cm³/mol. The van der Waals surface area contributed by atoms with Crippen molar-refractivity contribution in [2.45, 2.75) is 58.2 Å². The Hall–Kier alpha value is -3.29. The highest BCUT2D eigenvalue weighted by molar-refractivity contribution is 5.92. The minimum absolute atomic E-state index is 0.189. The fraction of sp³-hybridized carbons (Fsp3) is 0.406. The van der Waals surface area contributed by atoms with Gasteiger partial charge in [-0.1, -0.05) is 39.0 Å². The van der Waals surface area contributed by atoms with Crippen LogP contribution in [0.1, 0.15) is 57.2 Å². The van der Waals surface area contributed by atoms with Gasteiger partial charge in [0.2, 0.25) is 0 Å². The van der Waals surface area contributed by atoms with E-state index in [9.17, 15) is 4.39 Å². The first-order chi connectivity index (χ1) is 19.0. The number of fused-ring (bicyclic) bond motifs is 4. The van der Waals surface area contributed by atoms with E-state index in [2.05, 4.69) is 11.9 Å². The number of rotatable bonds is 2. The molecule has 39 heavy (non-hydrogen) atoms. The van der Waals surface area contributed by atoms with E-state index in [1.54, 1.807) is 6.20 Å². The minimum Gasteiger partial charge on any atom is -0.347 e. The number of hydrogen-bond donors (Lipinski definition) is 0. The lowest BCUT2D eigenvalue weighted by molar-refractivity contribution is -0.226. The third kappa shape index (κ3) is 4.32. The normalized spacial score (nSPS) is 23.2. The molecule has 5 nitrogen and oxygen atoms in total. The summed E-state index contributed by atoms with van der Waals surface area (Å²) >= 11 is 0. The first kappa shape index (κ1) is 26.0. The maximum Gasteiger partial charge on any atom is 0.171 e. The summed E-state index contributed by atoms with van der Waals surface area (Å²) in [6.07, 6.45) is 5.07. The highest BCUT2D eigenvalue weighted by atomic mass is 19.1. The molecule has 3 heterocycles. The van der Waals surface area contributed by atoms with Crippen molar-refractivity contribution in [3.05, 3.63) is 77.6 Å². The SMILES string of the molecule is CC.CC1C2CCc3c(-c4ccc(F)cc4F)nc(-c4ccnc5ccccc45)nc3C2CCC12OCCO2. The maximum absolute atomic E-state index is 15.1. The van der Waals surface area contributed by atoms with Crippen molar-refractivity contribution >= 4 is 10.9 Å². The molecule has 7 heteroatoms. The van der Waals surface area contributed by atoms with Crippen LogP contribution in [0.4, 0.5) is 8.78 Å². The van der Waals surface area contributed by atoms with E-state index in [0.29, 0.717) is 36.2 Å². The van der Waals surface area contributed by atoms with Crippen LogP contribution in [0.5, 0.6) is 0 Å². The molecule has 202 valence electrons. The second kappa shape index (κ2) is 10.4. The topological polar surface area (TPSA) is 57.1 Å². The number of nitrogens with zero attached hydrogens (tertiary/aromatic N) is 3. The molecule has 3 aliphatic rings. The average Bonchev–Trinajstić information content (AvgIpc) is 3.45. The molecule has 1 aliphatic heterocycles. The fourth-order valence-electron chi connectivity index (χ4n) is 6.82. The Balaban J connectivity index is 0.00000135. The molecule has 0 amide bonds. The van der Waals surface area contributed by atoms with Crippen LogP contribution < -0.4 is 0 Å². The smallest absolute Gasteiger partial charge is 0.171 e. The van der Waals surface area contributed by atoms with Crippen molar-refractivity contribution in [1.82, 2.24) is 15.0 Å². The van der Waals surface area contributed by atoms with E-state index in [-0.39, 0.29) is 11.8 Å². The van der Waals surface area contributed by atoms with Crippen LogP contribution in [0.3, 0.4) is 0 Å². The summed E-state index contributed by atoms with van der Waals surface area (Å²) in [4.78, 5) is 14.6. The molecular formula is C32H33F2N3O2. The Morgan fingerprint density at radius 3 is 2.51 bits per heavy atom. The molecule has 3 unspecified atom stereocenters. The zero-order valence-corrected chi connectivity index (χ0v) is 22.6. The van der Waals surface area contributed by atoms with Crippen LogP contribution in [0.25, 0.3) is 33.5 Å². The van der Waals surface area contributed by atoms with E-state index >= 15 is 4.39 Å². The van der Waals surface area contributed by atoms with E-state index in [1.165, 1.54) is 12.1 Å². The summed E-state index contributed by atoms with van der Waals surface area (Å²) in [5, 5.41) is 0.937. The second-order valence-corrected chi connectivity index (χ2v) is 10.4. The summed E-state index contributed by atoms with van der Waals surface area (Å²) in [6, 6.07) is 13.5. The Morgan fingerprint density at radius 1 is 0.923 bits per heavy atom. The quantitative estimate of drug-likeness (QED) is 0.269. The molecule has 0 bridgehead atoms. The Kier molecular flexibility index (Phi) is 6.89. The zero-order valence-electron chi connectivity index (χ0n) is 22.6. The molecule has 3 atom stereocenters. The van der Waals surface area contributed by atoms with E-state index in [0.717, 1.165) is 59.5 Å². The van der Waals surface area contributed by atoms with Crippen LogP contribution >= 0.6 is 0 Å². The van der Waals surface area contributed by atoms with Crippen molar-refractivity contribution in [3.8, 4) is 22.6 Å². The van der Waals surface area contributed by atoms with Gasteiger partial charge in [0.05, 0.1) is 30.1 Å². The van der Waals surface area contributed by atoms with E-state index in [4.69, 9.17) is 19.4 Å². The molecule has 1 spiro atoms. The van der Waals surface area contributed by atoms with Crippen molar-refractivity contribution in [2.24, 2.45) is 11.8 Å². The largest absolute Gasteiger partial charge is 0.347 e. The lowest BCUT2D eigenvalue weighted by Gasteiger charge is -2.48. The first-order valence-electron chi connectivity index (χ1n) is 14.0. The highest BCUT2D eigenvalue weighted by Gasteiger charge is 2.53. The Labute approximate surface area is 227 Å². The fourth-order valence-corrected chi connectivity index (χ4v) is 6.82. The van der Waals surface area contributed by atoms with Gasteiger partial charge < -0.3 is 9.47 Å². The van der Waals surface area contributed by atoms with Crippen LogP contribution in [0.2, 0.25) is 0 Å². The van der Waals surface area contributed by atoms with Gasteiger partial charge in [-0.25, -0.2) is 18.7 Å². The van der Waals surface area contributed by atoms with Crippen LogP contribution in [0.15, 0.2) is 54.7 Å². The second-order valence-electron chi connectivity index (χ2n) is 10.4. The summed E-state index contributed by atoms with van der Waals surface area (Å²) in [5.41, 5.74) is 4.49. The predicted octanol–water partition coefficient (Wildman–Crippen LogP) is 7.48. The zero-order chi connectivity index (χ0) is 27.1. The standard InChI is InChI=1S/C30H27F2N3O2.C2H6/c1-17-19-8-9-24-27(21(19)10-12-30(17)36-14-15-37-30)34-29(22-11-13-33-26-5-3-2-4-20(22)26)35-28(24)23-7-6-18(31)16-25(23)32;1-2/h2-7,11,13,16-17,19,21H,8-10,12,14-15H2,1H3;1-2H3.